The van der Waals surface area contributed by atoms with E-state index in [2.05, 4.69) is 14.5 Å². The molecule has 0 aromatic rings. The van der Waals surface area contributed by atoms with Gasteiger partial charge >= 0.3 is 0 Å². The van der Waals surface area contributed by atoms with E-state index in [1.165, 1.54) is 0 Å². The zero-order valence-corrected chi connectivity index (χ0v) is 8.17. The highest BCUT2D eigenvalue weighted by Gasteiger charge is 2.04. The number of aliphatic hydroxyl groups is 1. The minimum absolute atomic E-state index is 0.309. The molecule has 66 valence electrons. The molecule has 0 aromatic carbocycles. The van der Waals surface area contributed by atoms with E-state index in [-0.39, 0.29) is 0 Å². The molecular weight excluding hydrogens is 171 g/mol. The van der Waals surface area contributed by atoms with E-state index < -0.39 is 0 Å². The smallest absolute Gasteiger partial charge is 0.111 e. The van der Waals surface area contributed by atoms with Crippen LogP contribution in [0.3, 0.4) is 0 Å². The van der Waals surface area contributed by atoms with E-state index in [4.69, 9.17) is 5.11 Å². The van der Waals surface area contributed by atoms with Gasteiger partial charge in [-0.3, -0.25) is 4.78 Å². The van der Waals surface area contributed by atoms with E-state index in [1.54, 1.807) is 16.9 Å². The van der Waals surface area contributed by atoms with Crippen molar-refractivity contribution in [1.29, 1.82) is 0 Å². The molecule has 4 heteroatoms. The van der Waals surface area contributed by atoms with Gasteiger partial charge in [0, 0.05) is 19.2 Å². The lowest BCUT2D eigenvalue weighted by atomic mass is 10.0. The van der Waals surface area contributed by atoms with E-state index >= 15 is 0 Å². The Morgan fingerprint density at radius 3 is 3.08 bits per heavy atom. The summed E-state index contributed by atoms with van der Waals surface area (Å²) < 4.78 is 1.67. The third-order valence-corrected chi connectivity index (χ3v) is 1.69. The van der Waals surface area contributed by atoms with Gasteiger partial charge in [0.25, 0.3) is 0 Å². The number of aliphatic hydroxyl groups excluding tert-OH is 1. The van der Waals surface area contributed by atoms with E-state index in [9.17, 15) is 0 Å². The second-order valence-corrected chi connectivity index (χ2v) is 3.47. The Labute approximate surface area is 74.7 Å². The predicted molar refractivity (Wildman–Crippen MR) is 53.9 cm³/mol. The van der Waals surface area contributed by atoms with Gasteiger partial charge in [0.05, 0.1) is 0 Å². The molecule has 12 heavy (non-hydrogen) atoms. The Morgan fingerprint density at radius 2 is 2.58 bits per heavy atom. The van der Waals surface area contributed by atoms with E-state index in [1.807, 2.05) is 19.3 Å². The van der Waals surface area contributed by atoms with Crippen LogP contribution >= 0.6 is 9.39 Å². The largest absolute Gasteiger partial charge is 0.508 e. The first-order valence-corrected chi connectivity index (χ1v) is 4.30. The van der Waals surface area contributed by atoms with Crippen molar-refractivity contribution in [3.63, 3.8) is 0 Å². The van der Waals surface area contributed by atoms with Crippen LogP contribution in [0, 0.1) is 5.92 Å². The Balaban J connectivity index is 2.43. The molecule has 0 aliphatic heterocycles. The van der Waals surface area contributed by atoms with E-state index in [0.717, 1.165) is 6.42 Å². The molecule has 2 unspecified atom stereocenters. The molecular formula is C8H13N2OP. The van der Waals surface area contributed by atoms with Gasteiger partial charge < -0.3 is 5.11 Å². The zero-order valence-electron chi connectivity index (χ0n) is 7.01. The van der Waals surface area contributed by atoms with Gasteiger partial charge in [-0.1, -0.05) is 6.08 Å². The van der Waals surface area contributed by atoms with Crippen LogP contribution in [0.15, 0.2) is 29.1 Å². The summed E-state index contributed by atoms with van der Waals surface area (Å²) in [4.78, 5) is 0. The first kappa shape index (κ1) is 9.27. The van der Waals surface area contributed by atoms with Crippen LogP contribution in [0.2, 0.25) is 0 Å². The summed E-state index contributed by atoms with van der Waals surface area (Å²) in [5.74, 6) is 0.655. The molecule has 3 nitrogen and oxygen atoms in total. The first-order valence-electron chi connectivity index (χ1n) is 3.78. The standard InChI is InChI=1S/C8H13N2OP/c1-10(12)9-6-7-2-4-8(11)5-3-7/h2,4-7,11H,3,12H2,1H3/b9-6+. The van der Waals surface area contributed by atoms with Crippen LogP contribution in [-0.4, -0.2) is 23.1 Å². The maximum Gasteiger partial charge on any atom is 0.111 e. The van der Waals surface area contributed by atoms with Gasteiger partial charge in [0.15, 0.2) is 0 Å². The number of nitrogens with zero attached hydrogens (tertiary/aromatic N) is 2. The van der Waals surface area contributed by atoms with Crippen molar-refractivity contribution >= 4 is 15.6 Å². The van der Waals surface area contributed by atoms with Crippen molar-refractivity contribution in [1.82, 2.24) is 4.78 Å². The van der Waals surface area contributed by atoms with Gasteiger partial charge in [0.2, 0.25) is 0 Å². The first-order chi connectivity index (χ1) is 5.68. The minimum Gasteiger partial charge on any atom is -0.508 e. The quantitative estimate of drug-likeness (QED) is 0.403. The third-order valence-electron chi connectivity index (χ3n) is 1.55. The van der Waals surface area contributed by atoms with Gasteiger partial charge in [0.1, 0.15) is 5.76 Å². The topological polar surface area (TPSA) is 35.8 Å². The number of hydrazone groups is 1. The van der Waals surface area contributed by atoms with Crippen LogP contribution in [0.1, 0.15) is 6.42 Å². The average Bonchev–Trinajstić information content (AvgIpc) is 2.03. The average molecular weight is 184 g/mol. The summed E-state index contributed by atoms with van der Waals surface area (Å²) in [6.07, 6.45) is 8.10. The van der Waals surface area contributed by atoms with Gasteiger partial charge in [-0.05, 0) is 28.0 Å². The molecule has 1 rings (SSSR count). The molecule has 1 N–H and O–H groups in total. The molecule has 0 saturated heterocycles. The molecule has 0 radical (unpaired) electrons. The third kappa shape index (κ3) is 3.05. The maximum absolute atomic E-state index is 9.02. The summed E-state index contributed by atoms with van der Waals surface area (Å²) in [6, 6.07) is 0. The van der Waals surface area contributed by atoms with Crippen LogP contribution in [0.25, 0.3) is 0 Å². The van der Waals surface area contributed by atoms with Crippen molar-refractivity contribution in [3.05, 3.63) is 24.0 Å². The van der Waals surface area contributed by atoms with Crippen LogP contribution in [0.5, 0.6) is 0 Å². The lowest BCUT2D eigenvalue weighted by Crippen LogP contribution is -2.03. The lowest BCUT2D eigenvalue weighted by molar-refractivity contribution is 0.425. The molecule has 2 atom stereocenters. The summed E-state index contributed by atoms with van der Waals surface area (Å²) in [5.41, 5.74) is 0. The SMILES string of the molecule is CN(P)/N=C/C1C=CC(O)=CC1. The minimum atomic E-state index is 0.309. The number of allylic oxidation sites excluding steroid dienone is 3. The molecule has 0 aromatic heterocycles. The van der Waals surface area contributed by atoms with Crippen molar-refractivity contribution in [3.8, 4) is 0 Å². The molecule has 0 spiro atoms. The summed E-state index contributed by atoms with van der Waals surface area (Å²) in [7, 11) is 4.30. The lowest BCUT2D eigenvalue weighted by Gasteiger charge is -2.09. The highest BCUT2D eigenvalue weighted by atomic mass is 31.0. The van der Waals surface area contributed by atoms with E-state index in [0.29, 0.717) is 11.7 Å². The van der Waals surface area contributed by atoms with Crippen LogP contribution < -0.4 is 0 Å². The Morgan fingerprint density at radius 1 is 1.83 bits per heavy atom. The van der Waals surface area contributed by atoms with Crippen molar-refractivity contribution in [2.24, 2.45) is 11.0 Å². The maximum atomic E-state index is 9.02. The Kier molecular flexibility index (Phi) is 3.30. The molecule has 0 heterocycles. The van der Waals surface area contributed by atoms with Gasteiger partial charge in [-0.25, -0.2) is 0 Å². The summed E-state index contributed by atoms with van der Waals surface area (Å²) >= 11 is 0. The van der Waals surface area contributed by atoms with Crippen LogP contribution in [-0.2, 0) is 0 Å². The monoisotopic (exact) mass is 184 g/mol. The summed E-state index contributed by atoms with van der Waals surface area (Å²) in [5, 5.41) is 13.1. The van der Waals surface area contributed by atoms with Crippen molar-refractivity contribution in [2.45, 2.75) is 6.42 Å². The van der Waals surface area contributed by atoms with Crippen molar-refractivity contribution < 1.29 is 5.11 Å². The molecule has 0 bridgehead atoms. The fourth-order valence-electron chi connectivity index (χ4n) is 0.927. The van der Waals surface area contributed by atoms with Crippen molar-refractivity contribution in [2.75, 3.05) is 7.05 Å². The molecule has 1 aliphatic carbocycles. The zero-order chi connectivity index (χ0) is 8.97. The summed E-state index contributed by atoms with van der Waals surface area (Å²) in [6.45, 7) is 0. The highest BCUT2D eigenvalue weighted by Crippen LogP contribution is 2.12. The normalized spacial score (nSPS) is 22.8. The Bertz CT molecular complexity index is 233. The molecule has 0 amide bonds. The second-order valence-electron chi connectivity index (χ2n) is 2.73. The molecule has 1 aliphatic rings. The molecule has 0 saturated carbocycles. The number of hydrogen-bond acceptors (Lipinski definition) is 3. The number of rotatable bonds is 2. The fourth-order valence-corrected chi connectivity index (χ4v) is 1.00. The molecule has 0 fully saturated rings. The highest BCUT2D eigenvalue weighted by molar-refractivity contribution is 7.13. The predicted octanol–water partition coefficient (Wildman–Crippen LogP) is 1.71. The van der Waals surface area contributed by atoms with Gasteiger partial charge in [-0.15, -0.1) is 0 Å². The number of hydrogen-bond donors (Lipinski definition) is 1. The second kappa shape index (κ2) is 4.27. The van der Waals surface area contributed by atoms with Gasteiger partial charge in [-0.2, -0.15) is 5.10 Å². The van der Waals surface area contributed by atoms with Crippen LogP contribution in [0.4, 0.5) is 0 Å². The Hall–Kier alpha value is -0.820. The fraction of sp³-hybridized carbons (Fsp3) is 0.375.